The Morgan fingerprint density at radius 3 is 2.88 bits per heavy atom. The molecule has 94 valence electrons. The molecule has 0 radical (unpaired) electrons. The van der Waals surface area contributed by atoms with Crippen LogP contribution in [0, 0.1) is 0 Å². The van der Waals surface area contributed by atoms with E-state index in [1.54, 1.807) is 11.8 Å². The minimum absolute atomic E-state index is 0.0155. The Labute approximate surface area is 102 Å². The van der Waals surface area contributed by atoms with Crippen LogP contribution in [-0.4, -0.2) is 55.0 Å². The number of hydrogen-bond acceptors (Lipinski definition) is 4. The van der Waals surface area contributed by atoms with Crippen molar-refractivity contribution in [2.24, 2.45) is 5.73 Å². The Morgan fingerprint density at radius 2 is 2.31 bits per heavy atom. The van der Waals surface area contributed by atoms with Crippen LogP contribution >= 0.6 is 11.8 Å². The molecule has 0 saturated heterocycles. The first-order valence-electron chi connectivity index (χ1n) is 5.87. The van der Waals surface area contributed by atoms with Crippen molar-refractivity contribution in [2.75, 3.05) is 32.1 Å². The maximum Gasteiger partial charge on any atom is 0.236 e. The summed E-state index contributed by atoms with van der Waals surface area (Å²) in [5.74, 6) is 0.926. The zero-order valence-electron chi connectivity index (χ0n) is 10.2. The van der Waals surface area contributed by atoms with Gasteiger partial charge >= 0.3 is 0 Å². The SMILES string of the molecule is CSCC[C@@H](N)C(=O)NCCN(C)C1CC1. The predicted molar refractivity (Wildman–Crippen MR) is 69.6 cm³/mol. The molecule has 1 saturated carbocycles. The molecule has 0 unspecified atom stereocenters. The summed E-state index contributed by atoms with van der Waals surface area (Å²) >= 11 is 1.72. The fraction of sp³-hybridized carbons (Fsp3) is 0.909. The normalized spacial score (nSPS) is 17.5. The van der Waals surface area contributed by atoms with Crippen LogP contribution in [-0.2, 0) is 4.79 Å². The molecule has 1 fully saturated rings. The highest BCUT2D eigenvalue weighted by Gasteiger charge is 2.25. The number of likely N-dealkylation sites (N-methyl/N-ethyl adjacent to an activating group) is 1. The Balaban J connectivity index is 2.04. The second kappa shape index (κ2) is 7.14. The number of nitrogens with two attached hydrogens (primary N) is 1. The largest absolute Gasteiger partial charge is 0.353 e. The summed E-state index contributed by atoms with van der Waals surface area (Å²) in [5, 5.41) is 2.89. The number of hydrogen-bond donors (Lipinski definition) is 2. The molecule has 5 heteroatoms. The Kier molecular flexibility index (Phi) is 6.16. The van der Waals surface area contributed by atoms with Crippen LogP contribution in [0.15, 0.2) is 0 Å². The number of nitrogens with zero attached hydrogens (tertiary/aromatic N) is 1. The van der Waals surface area contributed by atoms with Gasteiger partial charge in [0, 0.05) is 19.1 Å². The van der Waals surface area contributed by atoms with Crippen molar-refractivity contribution in [2.45, 2.75) is 31.3 Å². The molecular weight excluding hydrogens is 222 g/mol. The molecular formula is C11H23N3OS. The van der Waals surface area contributed by atoms with Gasteiger partial charge in [-0.25, -0.2) is 0 Å². The first kappa shape index (κ1) is 13.8. The lowest BCUT2D eigenvalue weighted by atomic mass is 10.2. The van der Waals surface area contributed by atoms with Crippen molar-refractivity contribution in [3.8, 4) is 0 Å². The molecule has 0 spiro atoms. The van der Waals surface area contributed by atoms with Crippen LogP contribution < -0.4 is 11.1 Å². The Bertz CT molecular complexity index is 221. The molecule has 0 heterocycles. The summed E-state index contributed by atoms with van der Waals surface area (Å²) in [6, 6.07) is 0.403. The van der Waals surface area contributed by atoms with E-state index in [-0.39, 0.29) is 11.9 Å². The lowest BCUT2D eigenvalue weighted by molar-refractivity contribution is -0.122. The van der Waals surface area contributed by atoms with E-state index in [2.05, 4.69) is 17.3 Å². The molecule has 0 aromatic heterocycles. The average Bonchev–Trinajstić information content (AvgIpc) is 3.09. The Hall–Kier alpha value is -0.260. The molecule has 1 amide bonds. The van der Waals surface area contributed by atoms with Gasteiger partial charge < -0.3 is 16.0 Å². The molecule has 1 atom stereocenters. The molecule has 1 rings (SSSR count). The molecule has 4 nitrogen and oxygen atoms in total. The second-order valence-electron chi connectivity index (χ2n) is 4.39. The molecule has 1 aliphatic carbocycles. The third-order valence-electron chi connectivity index (χ3n) is 2.90. The van der Waals surface area contributed by atoms with E-state index in [1.165, 1.54) is 12.8 Å². The minimum atomic E-state index is -0.348. The topological polar surface area (TPSA) is 58.4 Å². The predicted octanol–water partition coefficient (Wildman–Crippen LogP) is 0.277. The van der Waals surface area contributed by atoms with Crippen LogP contribution in [0.25, 0.3) is 0 Å². The molecule has 0 bridgehead atoms. The van der Waals surface area contributed by atoms with E-state index in [9.17, 15) is 4.79 Å². The van der Waals surface area contributed by atoms with Gasteiger partial charge in [-0.1, -0.05) is 0 Å². The molecule has 1 aliphatic rings. The first-order valence-corrected chi connectivity index (χ1v) is 7.27. The summed E-state index contributed by atoms with van der Waals surface area (Å²) in [6.07, 6.45) is 5.38. The van der Waals surface area contributed by atoms with E-state index in [4.69, 9.17) is 5.73 Å². The third-order valence-corrected chi connectivity index (χ3v) is 3.55. The maximum atomic E-state index is 11.6. The minimum Gasteiger partial charge on any atom is -0.353 e. The van der Waals surface area contributed by atoms with E-state index in [1.807, 2.05) is 6.26 Å². The van der Waals surface area contributed by atoms with Crippen LogP contribution in [0.2, 0.25) is 0 Å². The third kappa shape index (κ3) is 5.18. The number of nitrogens with one attached hydrogen (secondary N) is 1. The van der Waals surface area contributed by atoms with E-state index < -0.39 is 0 Å². The van der Waals surface area contributed by atoms with Crippen molar-refractivity contribution >= 4 is 17.7 Å². The van der Waals surface area contributed by atoms with Gasteiger partial charge in [0.15, 0.2) is 0 Å². The smallest absolute Gasteiger partial charge is 0.236 e. The summed E-state index contributed by atoms with van der Waals surface area (Å²) in [7, 11) is 2.11. The maximum absolute atomic E-state index is 11.6. The lowest BCUT2D eigenvalue weighted by Crippen LogP contribution is -2.43. The zero-order valence-corrected chi connectivity index (χ0v) is 11.1. The van der Waals surface area contributed by atoms with Gasteiger partial charge in [0.05, 0.1) is 6.04 Å². The van der Waals surface area contributed by atoms with Gasteiger partial charge in [-0.3, -0.25) is 4.79 Å². The molecule has 16 heavy (non-hydrogen) atoms. The van der Waals surface area contributed by atoms with Gasteiger partial charge in [0.25, 0.3) is 0 Å². The summed E-state index contributed by atoms with van der Waals surface area (Å²) in [5.41, 5.74) is 5.75. The highest BCUT2D eigenvalue weighted by Crippen LogP contribution is 2.24. The van der Waals surface area contributed by atoms with Crippen LogP contribution in [0.4, 0.5) is 0 Å². The standard InChI is InChI=1S/C11H23N3OS/c1-14(9-3-4-9)7-6-13-11(15)10(12)5-8-16-2/h9-10H,3-8,12H2,1-2H3,(H,13,15)/t10-/m1/s1. The second-order valence-corrected chi connectivity index (χ2v) is 5.38. The van der Waals surface area contributed by atoms with Gasteiger partial charge in [-0.15, -0.1) is 0 Å². The van der Waals surface area contributed by atoms with E-state index >= 15 is 0 Å². The van der Waals surface area contributed by atoms with Crippen molar-refractivity contribution in [3.63, 3.8) is 0 Å². The summed E-state index contributed by atoms with van der Waals surface area (Å²) in [6.45, 7) is 1.63. The quantitative estimate of drug-likeness (QED) is 0.645. The van der Waals surface area contributed by atoms with Gasteiger partial charge in [-0.2, -0.15) is 11.8 Å². The van der Waals surface area contributed by atoms with E-state index in [0.717, 1.165) is 24.8 Å². The van der Waals surface area contributed by atoms with Crippen molar-refractivity contribution in [1.29, 1.82) is 0 Å². The zero-order chi connectivity index (χ0) is 12.0. The summed E-state index contributed by atoms with van der Waals surface area (Å²) < 4.78 is 0. The fourth-order valence-corrected chi connectivity index (χ4v) is 2.05. The number of thioether (sulfide) groups is 1. The number of carbonyl (C=O) groups is 1. The van der Waals surface area contributed by atoms with Gasteiger partial charge in [0.1, 0.15) is 0 Å². The monoisotopic (exact) mass is 245 g/mol. The Morgan fingerprint density at radius 1 is 1.62 bits per heavy atom. The van der Waals surface area contributed by atoms with Crippen LogP contribution in [0.5, 0.6) is 0 Å². The average molecular weight is 245 g/mol. The van der Waals surface area contributed by atoms with Crippen molar-refractivity contribution in [1.82, 2.24) is 10.2 Å². The molecule has 3 N–H and O–H groups in total. The molecule has 0 aliphatic heterocycles. The highest BCUT2D eigenvalue weighted by molar-refractivity contribution is 7.98. The highest BCUT2D eigenvalue weighted by atomic mass is 32.2. The fourth-order valence-electron chi connectivity index (χ4n) is 1.56. The van der Waals surface area contributed by atoms with Crippen LogP contribution in [0.3, 0.4) is 0 Å². The first-order chi connectivity index (χ1) is 7.65. The van der Waals surface area contributed by atoms with Gasteiger partial charge in [-0.05, 0) is 38.3 Å². The number of carbonyl (C=O) groups excluding carboxylic acids is 1. The summed E-state index contributed by atoms with van der Waals surface area (Å²) in [4.78, 5) is 13.9. The van der Waals surface area contributed by atoms with Crippen molar-refractivity contribution in [3.05, 3.63) is 0 Å². The van der Waals surface area contributed by atoms with Gasteiger partial charge in [0.2, 0.25) is 5.91 Å². The molecule has 0 aromatic carbocycles. The molecule has 0 aromatic rings. The van der Waals surface area contributed by atoms with Crippen molar-refractivity contribution < 1.29 is 4.79 Å². The number of amides is 1. The van der Waals surface area contributed by atoms with Crippen LogP contribution in [0.1, 0.15) is 19.3 Å². The van der Waals surface area contributed by atoms with E-state index in [0.29, 0.717) is 6.54 Å². The lowest BCUT2D eigenvalue weighted by Gasteiger charge is -2.17. The number of rotatable bonds is 8.